The van der Waals surface area contributed by atoms with Crippen molar-refractivity contribution in [3.05, 3.63) is 0 Å². The van der Waals surface area contributed by atoms with Gasteiger partial charge in [0.25, 0.3) is 0 Å². The van der Waals surface area contributed by atoms with Gasteiger partial charge < -0.3 is 15.2 Å². The van der Waals surface area contributed by atoms with Gasteiger partial charge in [-0.25, -0.2) is 0 Å². The van der Waals surface area contributed by atoms with Crippen LogP contribution in [0.1, 0.15) is 34.1 Å². The van der Waals surface area contributed by atoms with Gasteiger partial charge in [0, 0.05) is 13.5 Å². The van der Waals surface area contributed by atoms with Crippen LogP contribution in [0.4, 0.5) is 0 Å². The molecule has 0 spiro atoms. The molecule has 15 heavy (non-hydrogen) atoms. The number of methoxy groups -OCH3 is 1. The smallest absolute Gasteiger partial charge is 0.323 e. The molecule has 0 fully saturated rings. The van der Waals surface area contributed by atoms with E-state index in [4.69, 9.17) is 15.2 Å². The molecule has 0 unspecified atom stereocenters. The summed E-state index contributed by atoms with van der Waals surface area (Å²) in [5.74, 6) is -0.232. The van der Waals surface area contributed by atoms with Gasteiger partial charge in [0.05, 0.1) is 12.2 Å². The van der Waals surface area contributed by atoms with E-state index in [1.54, 1.807) is 7.11 Å². The van der Waals surface area contributed by atoms with E-state index in [0.29, 0.717) is 13.0 Å². The van der Waals surface area contributed by atoms with Gasteiger partial charge in [-0.2, -0.15) is 0 Å². The number of rotatable bonds is 6. The summed E-state index contributed by atoms with van der Waals surface area (Å²) in [6, 6.07) is -0.532. The van der Waals surface area contributed by atoms with Crippen LogP contribution in [0.2, 0.25) is 0 Å². The molecule has 0 aliphatic carbocycles. The molecule has 0 rings (SSSR count). The van der Waals surface area contributed by atoms with Gasteiger partial charge in [-0.3, -0.25) is 4.79 Å². The zero-order valence-corrected chi connectivity index (χ0v) is 10.4. The van der Waals surface area contributed by atoms with Crippen LogP contribution in [-0.4, -0.2) is 31.3 Å². The SMILES string of the molecule is COC(C)(C)CCOC(=O)[C@@H](N)C(C)C. The van der Waals surface area contributed by atoms with E-state index in [9.17, 15) is 4.79 Å². The molecule has 4 heteroatoms. The molecule has 4 nitrogen and oxygen atoms in total. The number of ether oxygens (including phenoxy) is 2. The predicted octanol–water partition coefficient (Wildman–Crippen LogP) is 1.33. The van der Waals surface area contributed by atoms with Crippen LogP contribution in [0.15, 0.2) is 0 Å². The third-order valence-corrected chi connectivity index (χ3v) is 2.49. The second-order valence-electron chi connectivity index (χ2n) is 4.65. The van der Waals surface area contributed by atoms with Crippen LogP contribution in [0, 0.1) is 5.92 Å². The Balaban J connectivity index is 3.83. The van der Waals surface area contributed by atoms with E-state index in [2.05, 4.69) is 0 Å². The Hall–Kier alpha value is -0.610. The maximum atomic E-state index is 11.4. The summed E-state index contributed by atoms with van der Waals surface area (Å²) < 4.78 is 10.3. The monoisotopic (exact) mass is 217 g/mol. The molecule has 0 aliphatic heterocycles. The van der Waals surface area contributed by atoms with Gasteiger partial charge in [0.15, 0.2) is 0 Å². The lowest BCUT2D eigenvalue weighted by molar-refractivity contribution is -0.147. The van der Waals surface area contributed by atoms with Gasteiger partial charge in [-0.05, 0) is 19.8 Å². The van der Waals surface area contributed by atoms with Crippen LogP contribution < -0.4 is 5.73 Å². The standard InChI is InChI=1S/C11H23NO3/c1-8(2)9(12)10(13)15-7-6-11(3,4)14-5/h8-9H,6-7,12H2,1-5H3/t9-/m0/s1. The molecule has 0 aromatic carbocycles. The summed E-state index contributed by atoms with van der Waals surface area (Å²) in [4.78, 5) is 11.4. The maximum Gasteiger partial charge on any atom is 0.323 e. The molecule has 0 radical (unpaired) electrons. The number of carbonyl (C=O) groups excluding carboxylic acids is 1. The van der Waals surface area contributed by atoms with E-state index in [-0.39, 0.29) is 17.5 Å². The van der Waals surface area contributed by atoms with Crippen molar-refractivity contribution >= 4 is 5.97 Å². The highest BCUT2D eigenvalue weighted by Crippen LogP contribution is 2.12. The highest BCUT2D eigenvalue weighted by atomic mass is 16.5. The van der Waals surface area contributed by atoms with Gasteiger partial charge in [0.2, 0.25) is 0 Å². The summed E-state index contributed by atoms with van der Waals surface area (Å²) >= 11 is 0. The van der Waals surface area contributed by atoms with Crippen molar-refractivity contribution in [2.24, 2.45) is 11.7 Å². The fourth-order valence-electron chi connectivity index (χ4n) is 0.868. The summed E-state index contributed by atoms with van der Waals surface area (Å²) in [6.07, 6.45) is 0.667. The topological polar surface area (TPSA) is 61.5 Å². The van der Waals surface area contributed by atoms with Crippen LogP contribution in [0.25, 0.3) is 0 Å². The van der Waals surface area contributed by atoms with Gasteiger partial charge in [-0.1, -0.05) is 13.8 Å². The molecule has 0 aromatic rings. The number of hydrogen-bond acceptors (Lipinski definition) is 4. The Morgan fingerprint density at radius 2 is 1.93 bits per heavy atom. The van der Waals surface area contributed by atoms with E-state index in [1.807, 2.05) is 27.7 Å². The molecule has 0 amide bonds. The normalized spacial score (nSPS) is 14.1. The summed E-state index contributed by atoms with van der Waals surface area (Å²) in [5, 5.41) is 0. The van der Waals surface area contributed by atoms with Crippen LogP contribution in [-0.2, 0) is 14.3 Å². The van der Waals surface area contributed by atoms with E-state index in [1.165, 1.54) is 0 Å². The van der Waals surface area contributed by atoms with Crippen molar-refractivity contribution in [3.63, 3.8) is 0 Å². The lowest BCUT2D eigenvalue weighted by atomic mass is 10.1. The third-order valence-electron chi connectivity index (χ3n) is 2.49. The predicted molar refractivity (Wildman–Crippen MR) is 59.5 cm³/mol. The van der Waals surface area contributed by atoms with Crippen molar-refractivity contribution in [1.29, 1.82) is 0 Å². The van der Waals surface area contributed by atoms with Crippen molar-refractivity contribution in [3.8, 4) is 0 Å². The van der Waals surface area contributed by atoms with Crippen molar-refractivity contribution in [2.75, 3.05) is 13.7 Å². The Morgan fingerprint density at radius 3 is 2.33 bits per heavy atom. The average molecular weight is 217 g/mol. The minimum absolute atomic E-state index is 0.105. The lowest BCUT2D eigenvalue weighted by Crippen LogP contribution is -2.37. The molecular weight excluding hydrogens is 194 g/mol. The minimum atomic E-state index is -0.532. The molecular formula is C11H23NO3. The van der Waals surface area contributed by atoms with Gasteiger partial charge in [-0.15, -0.1) is 0 Å². The molecule has 0 aliphatic rings. The fraction of sp³-hybridized carbons (Fsp3) is 0.909. The quantitative estimate of drug-likeness (QED) is 0.682. The highest BCUT2D eigenvalue weighted by Gasteiger charge is 2.21. The minimum Gasteiger partial charge on any atom is -0.464 e. The maximum absolute atomic E-state index is 11.4. The van der Waals surface area contributed by atoms with Crippen LogP contribution >= 0.6 is 0 Å². The molecule has 0 saturated heterocycles. The summed E-state index contributed by atoms with van der Waals surface area (Å²) in [7, 11) is 1.64. The second kappa shape index (κ2) is 6.08. The van der Waals surface area contributed by atoms with Crippen LogP contribution in [0.5, 0.6) is 0 Å². The first kappa shape index (κ1) is 14.4. The summed E-state index contributed by atoms with van der Waals surface area (Å²) in [6.45, 7) is 8.03. The molecule has 0 saturated carbocycles. The zero-order chi connectivity index (χ0) is 12.1. The third kappa shape index (κ3) is 5.74. The first-order chi connectivity index (χ1) is 6.80. The van der Waals surface area contributed by atoms with E-state index < -0.39 is 6.04 Å². The lowest BCUT2D eigenvalue weighted by Gasteiger charge is -2.23. The number of carbonyl (C=O) groups is 1. The molecule has 0 heterocycles. The largest absolute Gasteiger partial charge is 0.464 e. The molecule has 2 N–H and O–H groups in total. The van der Waals surface area contributed by atoms with Crippen molar-refractivity contribution in [1.82, 2.24) is 0 Å². The molecule has 0 bridgehead atoms. The Bertz CT molecular complexity index is 202. The average Bonchev–Trinajstić information content (AvgIpc) is 2.16. The number of hydrogen-bond donors (Lipinski definition) is 1. The summed E-state index contributed by atoms with van der Waals surface area (Å²) in [5.41, 5.74) is 5.37. The first-order valence-electron chi connectivity index (χ1n) is 5.27. The van der Waals surface area contributed by atoms with Gasteiger partial charge >= 0.3 is 5.97 Å². The van der Waals surface area contributed by atoms with E-state index >= 15 is 0 Å². The zero-order valence-electron chi connectivity index (χ0n) is 10.4. The molecule has 90 valence electrons. The van der Waals surface area contributed by atoms with E-state index in [0.717, 1.165) is 0 Å². The highest BCUT2D eigenvalue weighted by molar-refractivity contribution is 5.75. The Kier molecular flexibility index (Phi) is 5.83. The van der Waals surface area contributed by atoms with Crippen molar-refractivity contribution < 1.29 is 14.3 Å². The fourth-order valence-corrected chi connectivity index (χ4v) is 0.868. The second-order valence-corrected chi connectivity index (χ2v) is 4.65. The molecule has 1 atom stereocenters. The molecule has 0 aromatic heterocycles. The number of esters is 1. The Labute approximate surface area is 92.1 Å². The van der Waals surface area contributed by atoms with Crippen LogP contribution in [0.3, 0.4) is 0 Å². The Morgan fingerprint density at radius 1 is 1.40 bits per heavy atom. The van der Waals surface area contributed by atoms with Gasteiger partial charge in [0.1, 0.15) is 6.04 Å². The van der Waals surface area contributed by atoms with Crippen molar-refractivity contribution in [2.45, 2.75) is 45.8 Å². The first-order valence-corrected chi connectivity index (χ1v) is 5.27. The number of nitrogens with two attached hydrogens (primary N) is 1.